The molecule has 134 valence electrons. The van der Waals surface area contributed by atoms with E-state index >= 15 is 0 Å². The summed E-state index contributed by atoms with van der Waals surface area (Å²) in [7, 11) is 0. The highest BCUT2D eigenvalue weighted by Crippen LogP contribution is 2.23. The van der Waals surface area contributed by atoms with E-state index in [1.54, 1.807) is 0 Å². The van der Waals surface area contributed by atoms with Crippen LogP contribution in [0.4, 0.5) is 11.5 Å². The molecule has 7 heteroatoms. The molecule has 0 aliphatic heterocycles. The van der Waals surface area contributed by atoms with E-state index in [1.165, 1.54) is 11.1 Å². The monoisotopic (exact) mass is 448 g/mol. The van der Waals surface area contributed by atoms with Gasteiger partial charge in [0.15, 0.2) is 10.9 Å². The van der Waals surface area contributed by atoms with E-state index in [0.717, 1.165) is 20.7 Å². The lowest BCUT2D eigenvalue weighted by atomic mass is 10.1. The molecule has 0 bridgehead atoms. The lowest BCUT2D eigenvalue weighted by Crippen LogP contribution is -2.20. The summed E-state index contributed by atoms with van der Waals surface area (Å²) < 4.78 is 2.64. The molecule has 0 atom stereocenters. The van der Waals surface area contributed by atoms with E-state index in [-0.39, 0.29) is 0 Å². The molecule has 0 amide bonds. The highest BCUT2D eigenvalue weighted by molar-refractivity contribution is 9.10. The smallest absolute Gasteiger partial charge is 0.176 e. The zero-order chi connectivity index (χ0) is 18.7. The number of benzene rings is 2. The zero-order valence-electron chi connectivity index (χ0n) is 14.4. The molecule has 3 rings (SSSR count). The number of aromatic nitrogens is 2. The number of thiocarbonyl (C=S) groups is 1. The molecule has 0 radical (unpaired) electrons. The van der Waals surface area contributed by atoms with Gasteiger partial charge in [0.2, 0.25) is 0 Å². The molecule has 0 fully saturated rings. The van der Waals surface area contributed by atoms with Crippen LogP contribution in [0.1, 0.15) is 16.7 Å². The fraction of sp³-hybridized carbons (Fsp3) is 0.158. The third-order valence-electron chi connectivity index (χ3n) is 4.00. The van der Waals surface area contributed by atoms with E-state index < -0.39 is 0 Å². The first-order valence-electron chi connectivity index (χ1n) is 8.04. The van der Waals surface area contributed by atoms with Crippen molar-refractivity contribution in [3.63, 3.8) is 0 Å². The first-order chi connectivity index (χ1) is 12.4. The van der Waals surface area contributed by atoms with E-state index in [9.17, 15) is 0 Å². The maximum Gasteiger partial charge on any atom is 0.176 e. The number of hydrogen-bond acceptors (Lipinski definition) is 2. The van der Waals surface area contributed by atoms with Gasteiger partial charge in [0, 0.05) is 16.9 Å². The molecule has 4 nitrogen and oxygen atoms in total. The predicted octanol–water partition coefficient (Wildman–Crippen LogP) is 5.77. The van der Waals surface area contributed by atoms with Gasteiger partial charge in [0.25, 0.3) is 0 Å². The van der Waals surface area contributed by atoms with Crippen molar-refractivity contribution in [2.75, 3.05) is 10.6 Å². The van der Waals surface area contributed by atoms with Crippen molar-refractivity contribution in [3.05, 3.63) is 74.8 Å². The van der Waals surface area contributed by atoms with Crippen molar-refractivity contribution in [2.24, 2.45) is 0 Å². The van der Waals surface area contributed by atoms with Gasteiger partial charge >= 0.3 is 0 Å². The molecule has 3 aromatic rings. The Morgan fingerprint density at radius 1 is 1.15 bits per heavy atom. The first kappa shape index (κ1) is 18.9. The van der Waals surface area contributed by atoms with Gasteiger partial charge in [-0.3, -0.25) is 4.68 Å². The summed E-state index contributed by atoms with van der Waals surface area (Å²) in [4.78, 5) is 0. The average molecular weight is 450 g/mol. The summed E-state index contributed by atoms with van der Waals surface area (Å²) in [5, 5.41) is 12.0. The number of hydrogen-bond donors (Lipinski definition) is 2. The minimum Gasteiger partial charge on any atom is -0.332 e. The molecular weight excluding hydrogens is 432 g/mol. The minimum atomic E-state index is 0.483. The molecule has 0 spiro atoms. The molecule has 1 aromatic heterocycles. The maximum absolute atomic E-state index is 6.22. The van der Waals surface area contributed by atoms with Gasteiger partial charge in [0.1, 0.15) is 0 Å². The third kappa shape index (κ3) is 4.63. The average Bonchev–Trinajstić information content (AvgIpc) is 2.92. The summed E-state index contributed by atoms with van der Waals surface area (Å²) >= 11 is 15.1. The first-order valence-corrected chi connectivity index (χ1v) is 9.62. The molecule has 0 aliphatic rings. The highest BCUT2D eigenvalue weighted by Gasteiger charge is 2.10. The zero-order valence-corrected chi connectivity index (χ0v) is 17.5. The standard InChI is InChI=1S/C19H18BrClN4S/c1-12-7-8-15(9-13(12)2)22-19(26)23-18-16(20)11-25(24-18)10-14-5-3-4-6-17(14)21/h3-9,11H,10H2,1-2H3,(H2,22,23,24,26). The lowest BCUT2D eigenvalue weighted by molar-refractivity contribution is 0.690. The second-order valence-corrected chi connectivity index (χ2v) is 7.66. The lowest BCUT2D eigenvalue weighted by Gasteiger charge is -2.10. The van der Waals surface area contributed by atoms with Gasteiger partial charge in [-0.1, -0.05) is 35.9 Å². The molecule has 0 aliphatic carbocycles. The van der Waals surface area contributed by atoms with Crippen LogP contribution >= 0.6 is 39.7 Å². The Labute approximate surface area is 171 Å². The van der Waals surface area contributed by atoms with Crippen LogP contribution in [-0.4, -0.2) is 14.9 Å². The molecular formula is C19H18BrClN4S. The van der Waals surface area contributed by atoms with Gasteiger partial charge in [0.05, 0.1) is 11.0 Å². The van der Waals surface area contributed by atoms with Crippen LogP contribution < -0.4 is 10.6 Å². The molecule has 0 unspecified atom stereocenters. The Morgan fingerprint density at radius 3 is 2.65 bits per heavy atom. The van der Waals surface area contributed by atoms with Gasteiger partial charge in [-0.05, 0) is 76.9 Å². The largest absolute Gasteiger partial charge is 0.332 e. The molecule has 0 saturated carbocycles. The van der Waals surface area contributed by atoms with Crippen LogP contribution in [0, 0.1) is 13.8 Å². The Morgan fingerprint density at radius 2 is 1.92 bits per heavy atom. The van der Waals surface area contributed by atoms with Gasteiger partial charge in [-0.2, -0.15) is 5.10 Å². The molecule has 1 heterocycles. The van der Waals surface area contributed by atoms with Crippen LogP contribution in [0.2, 0.25) is 5.02 Å². The van der Waals surface area contributed by atoms with E-state index in [1.807, 2.05) is 41.2 Å². The number of nitrogens with zero attached hydrogens (tertiary/aromatic N) is 2. The predicted molar refractivity (Wildman–Crippen MR) is 116 cm³/mol. The van der Waals surface area contributed by atoms with Crippen LogP contribution in [0.5, 0.6) is 0 Å². The SMILES string of the molecule is Cc1ccc(NC(=S)Nc2nn(Cc3ccccc3Cl)cc2Br)cc1C. The molecule has 2 aromatic carbocycles. The summed E-state index contributed by atoms with van der Waals surface area (Å²) in [6.45, 7) is 4.74. The maximum atomic E-state index is 6.22. The fourth-order valence-corrected chi connectivity index (χ4v) is 3.28. The summed E-state index contributed by atoms with van der Waals surface area (Å²) in [5.74, 6) is 0.651. The van der Waals surface area contributed by atoms with Crippen LogP contribution in [-0.2, 0) is 6.54 Å². The number of nitrogens with one attached hydrogen (secondary N) is 2. The highest BCUT2D eigenvalue weighted by atomic mass is 79.9. The van der Waals surface area contributed by atoms with E-state index in [2.05, 4.69) is 57.6 Å². The second-order valence-electron chi connectivity index (χ2n) is 5.99. The Kier molecular flexibility index (Phi) is 5.96. The summed E-state index contributed by atoms with van der Waals surface area (Å²) in [5.41, 5.74) is 4.40. The topological polar surface area (TPSA) is 41.9 Å². The van der Waals surface area contributed by atoms with Crippen molar-refractivity contribution >= 4 is 56.4 Å². The Balaban J connectivity index is 1.68. The van der Waals surface area contributed by atoms with Crippen molar-refractivity contribution in [1.29, 1.82) is 0 Å². The van der Waals surface area contributed by atoms with Crippen molar-refractivity contribution in [1.82, 2.24) is 9.78 Å². The molecule has 2 N–H and O–H groups in total. The normalized spacial score (nSPS) is 10.6. The van der Waals surface area contributed by atoms with E-state index in [4.69, 9.17) is 23.8 Å². The van der Waals surface area contributed by atoms with Crippen LogP contribution in [0.15, 0.2) is 53.1 Å². The fourth-order valence-electron chi connectivity index (χ4n) is 2.45. The Hall–Kier alpha value is -1.89. The van der Waals surface area contributed by atoms with E-state index in [0.29, 0.717) is 17.5 Å². The number of aryl methyl sites for hydroxylation is 2. The van der Waals surface area contributed by atoms with Crippen molar-refractivity contribution in [2.45, 2.75) is 20.4 Å². The molecule has 26 heavy (non-hydrogen) atoms. The quantitative estimate of drug-likeness (QED) is 0.496. The van der Waals surface area contributed by atoms with Gasteiger partial charge in [-0.15, -0.1) is 0 Å². The van der Waals surface area contributed by atoms with Crippen LogP contribution in [0.25, 0.3) is 0 Å². The summed E-state index contributed by atoms with van der Waals surface area (Å²) in [6.07, 6.45) is 1.89. The van der Waals surface area contributed by atoms with Crippen molar-refractivity contribution < 1.29 is 0 Å². The Bertz CT molecular complexity index is 954. The minimum absolute atomic E-state index is 0.483. The van der Waals surface area contributed by atoms with Crippen LogP contribution in [0.3, 0.4) is 0 Å². The van der Waals surface area contributed by atoms with Gasteiger partial charge < -0.3 is 10.6 Å². The third-order valence-corrected chi connectivity index (χ3v) is 5.16. The summed E-state index contributed by atoms with van der Waals surface area (Å²) in [6, 6.07) is 13.9. The number of anilines is 2. The number of halogens is 2. The van der Waals surface area contributed by atoms with Crippen molar-refractivity contribution in [3.8, 4) is 0 Å². The second kappa shape index (κ2) is 8.20. The molecule has 0 saturated heterocycles. The van der Waals surface area contributed by atoms with Gasteiger partial charge in [-0.25, -0.2) is 0 Å². The number of rotatable bonds is 4.